The molecule has 14 heteroatoms. The van der Waals surface area contributed by atoms with Gasteiger partial charge in [-0.25, -0.2) is 0 Å². The van der Waals surface area contributed by atoms with Gasteiger partial charge in [-0.15, -0.1) is 0 Å². The molecule has 0 aromatic heterocycles. The number of nitro groups is 4. The maximum absolute atomic E-state index is 12.2. The summed E-state index contributed by atoms with van der Waals surface area (Å²) in [7, 11) is 0. The number of carbonyl (C=O) groups is 1. The predicted octanol–water partition coefficient (Wildman–Crippen LogP) is 2.57. The summed E-state index contributed by atoms with van der Waals surface area (Å²) >= 11 is 0. The Labute approximate surface area is 147 Å². The molecule has 0 aliphatic rings. The van der Waals surface area contributed by atoms with Gasteiger partial charge in [-0.2, -0.15) is 0 Å². The molecule has 0 radical (unpaired) electrons. The van der Waals surface area contributed by atoms with Gasteiger partial charge in [0.05, 0.1) is 31.8 Å². The van der Waals surface area contributed by atoms with Crippen LogP contribution in [0.4, 0.5) is 28.4 Å². The topological polar surface area (TPSA) is 202 Å². The number of non-ortho nitro benzene ring substituents is 2. The highest BCUT2D eigenvalue weighted by molar-refractivity contribution is 6.07. The van der Waals surface area contributed by atoms with Crippen molar-refractivity contribution in [3.05, 3.63) is 82.4 Å². The van der Waals surface area contributed by atoms with Gasteiger partial charge in [-0.3, -0.25) is 45.3 Å². The van der Waals surface area contributed by atoms with Crippen LogP contribution in [0.25, 0.3) is 0 Å². The first-order valence-corrected chi connectivity index (χ1v) is 6.79. The first kappa shape index (κ1) is 18.8. The highest BCUT2D eigenvalue weighted by Gasteiger charge is 2.32. The van der Waals surface area contributed by atoms with Crippen molar-refractivity contribution in [3.63, 3.8) is 0 Å². The van der Waals surface area contributed by atoms with Crippen LogP contribution < -0.4 is 5.32 Å². The standard InChI is InChI=1S/C13H7N5O9/c19-13(7-1-3-8(4-2-7)15(20)21)14-12-10(17(24)25)5-9(16(22)23)6-11(12)18(26)27/h1-6H,(H,14,19). The summed E-state index contributed by atoms with van der Waals surface area (Å²) in [5, 5.41) is 45.7. The molecule has 2 rings (SSSR count). The first-order valence-electron chi connectivity index (χ1n) is 6.79. The molecule has 1 N–H and O–H groups in total. The average molecular weight is 377 g/mol. The van der Waals surface area contributed by atoms with Gasteiger partial charge >= 0.3 is 11.4 Å². The minimum atomic E-state index is -1.12. The van der Waals surface area contributed by atoms with E-state index in [9.17, 15) is 45.3 Å². The van der Waals surface area contributed by atoms with Crippen molar-refractivity contribution in [1.82, 2.24) is 0 Å². The van der Waals surface area contributed by atoms with Crippen LogP contribution >= 0.6 is 0 Å². The zero-order valence-electron chi connectivity index (χ0n) is 12.9. The van der Waals surface area contributed by atoms with E-state index in [1.165, 1.54) is 0 Å². The monoisotopic (exact) mass is 377 g/mol. The Morgan fingerprint density at radius 3 is 1.52 bits per heavy atom. The highest BCUT2D eigenvalue weighted by atomic mass is 16.6. The van der Waals surface area contributed by atoms with Crippen molar-refractivity contribution in [2.75, 3.05) is 5.32 Å². The number of nitro benzene ring substituents is 4. The van der Waals surface area contributed by atoms with E-state index in [0.717, 1.165) is 24.3 Å². The number of rotatable bonds is 6. The summed E-state index contributed by atoms with van der Waals surface area (Å²) in [6.07, 6.45) is 0. The quantitative estimate of drug-likeness (QED) is 0.579. The van der Waals surface area contributed by atoms with E-state index in [2.05, 4.69) is 0 Å². The van der Waals surface area contributed by atoms with Crippen LogP contribution in [-0.4, -0.2) is 25.6 Å². The predicted molar refractivity (Wildman–Crippen MR) is 87.5 cm³/mol. The van der Waals surface area contributed by atoms with E-state index in [-0.39, 0.29) is 11.3 Å². The minimum Gasteiger partial charge on any atom is -0.311 e. The number of hydrogen-bond acceptors (Lipinski definition) is 9. The van der Waals surface area contributed by atoms with Crippen molar-refractivity contribution < 1.29 is 24.5 Å². The molecule has 0 unspecified atom stereocenters. The van der Waals surface area contributed by atoms with E-state index in [4.69, 9.17) is 0 Å². The SMILES string of the molecule is O=C(Nc1c([N+](=O)[O-])cc([N+](=O)[O-])cc1[N+](=O)[O-])c1ccc([N+](=O)[O-])cc1. The van der Waals surface area contributed by atoms with Gasteiger partial charge in [0, 0.05) is 17.7 Å². The Balaban J connectivity index is 2.51. The molecule has 0 aliphatic heterocycles. The summed E-state index contributed by atoms with van der Waals surface area (Å²) in [5.74, 6) is -1.04. The van der Waals surface area contributed by atoms with Crippen LogP contribution in [0.2, 0.25) is 0 Å². The minimum absolute atomic E-state index is 0.178. The lowest BCUT2D eigenvalue weighted by atomic mass is 10.1. The largest absolute Gasteiger partial charge is 0.311 e. The normalized spacial score (nSPS) is 10.1. The number of benzene rings is 2. The molecule has 0 saturated heterocycles. The zero-order chi connectivity index (χ0) is 20.3. The molecule has 0 fully saturated rings. The number of amides is 1. The van der Waals surface area contributed by atoms with Crippen LogP contribution in [0, 0.1) is 40.5 Å². The van der Waals surface area contributed by atoms with Crippen LogP contribution in [0.15, 0.2) is 36.4 Å². The van der Waals surface area contributed by atoms with E-state index in [1.807, 2.05) is 5.32 Å². The maximum Gasteiger partial charge on any atom is 0.306 e. The van der Waals surface area contributed by atoms with Gasteiger partial charge in [-0.05, 0) is 12.1 Å². The van der Waals surface area contributed by atoms with E-state index in [1.54, 1.807) is 0 Å². The number of nitrogens with one attached hydrogen (secondary N) is 1. The first-order chi connectivity index (χ1) is 12.6. The van der Waals surface area contributed by atoms with E-state index in [0.29, 0.717) is 12.1 Å². The third-order valence-corrected chi connectivity index (χ3v) is 3.26. The Hall–Kier alpha value is -4.49. The second-order valence-corrected chi connectivity index (χ2v) is 4.89. The number of hydrogen-bond donors (Lipinski definition) is 1. The summed E-state index contributed by atoms with van der Waals surface area (Å²) in [5.41, 5.74) is -4.35. The molecule has 2 aromatic carbocycles. The van der Waals surface area contributed by atoms with Gasteiger partial charge in [0.25, 0.3) is 17.3 Å². The highest BCUT2D eigenvalue weighted by Crippen LogP contribution is 2.38. The van der Waals surface area contributed by atoms with Gasteiger partial charge in [0.2, 0.25) is 0 Å². The molecule has 14 nitrogen and oxygen atoms in total. The zero-order valence-corrected chi connectivity index (χ0v) is 12.9. The van der Waals surface area contributed by atoms with E-state index >= 15 is 0 Å². The van der Waals surface area contributed by atoms with Crippen molar-refractivity contribution in [3.8, 4) is 0 Å². The average Bonchev–Trinajstić information content (AvgIpc) is 2.61. The van der Waals surface area contributed by atoms with Gasteiger partial charge in [0.15, 0.2) is 5.69 Å². The molecule has 0 atom stereocenters. The molecule has 2 aromatic rings. The second kappa shape index (κ2) is 7.18. The third-order valence-electron chi connectivity index (χ3n) is 3.26. The molecule has 0 spiro atoms. The fourth-order valence-corrected chi connectivity index (χ4v) is 2.04. The third kappa shape index (κ3) is 3.95. The summed E-state index contributed by atoms with van der Waals surface area (Å²) in [6, 6.07) is 5.01. The molecule has 0 bridgehead atoms. The van der Waals surface area contributed by atoms with Crippen LogP contribution in [0.5, 0.6) is 0 Å². The van der Waals surface area contributed by atoms with Crippen molar-refractivity contribution >= 4 is 34.3 Å². The molecule has 0 saturated carbocycles. The lowest BCUT2D eigenvalue weighted by Crippen LogP contribution is -2.15. The Morgan fingerprint density at radius 2 is 1.15 bits per heavy atom. The van der Waals surface area contributed by atoms with Crippen LogP contribution in [0.3, 0.4) is 0 Å². The maximum atomic E-state index is 12.2. The van der Waals surface area contributed by atoms with Crippen LogP contribution in [0.1, 0.15) is 10.4 Å². The van der Waals surface area contributed by atoms with E-state index < -0.39 is 48.3 Å². The van der Waals surface area contributed by atoms with Gasteiger partial charge < -0.3 is 5.32 Å². The fourth-order valence-electron chi connectivity index (χ4n) is 2.04. The fraction of sp³-hybridized carbons (Fsp3) is 0. The molecular formula is C13H7N5O9. The summed E-state index contributed by atoms with van der Waals surface area (Å²) < 4.78 is 0. The number of anilines is 1. The van der Waals surface area contributed by atoms with Crippen molar-refractivity contribution in [2.45, 2.75) is 0 Å². The smallest absolute Gasteiger partial charge is 0.306 e. The Morgan fingerprint density at radius 1 is 0.704 bits per heavy atom. The van der Waals surface area contributed by atoms with Crippen molar-refractivity contribution in [1.29, 1.82) is 0 Å². The summed E-state index contributed by atoms with van der Waals surface area (Å²) in [4.78, 5) is 51.9. The van der Waals surface area contributed by atoms with Gasteiger partial charge in [0.1, 0.15) is 0 Å². The number of carbonyl (C=O) groups excluding carboxylic acids is 1. The summed E-state index contributed by atoms with van der Waals surface area (Å²) in [6.45, 7) is 0. The molecular weight excluding hydrogens is 370 g/mol. The molecule has 0 heterocycles. The van der Waals surface area contributed by atoms with Crippen molar-refractivity contribution in [2.24, 2.45) is 0 Å². The lowest BCUT2D eigenvalue weighted by Gasteiger charge is -2.07. The molecule has 27 heavy (non-hydrogen) atoms. The van der Waals surface area contributed by atoms with Crippen LogP contribution in [-0.2, 0) is 0 Å². The molecule has 138 valence electrons. The van der Waals surface area contributed by atoms with Gasteiger partial charge in [-0.1, -0.05) is 0 Å². The molecule has 0 aliphatic carbocycles. The Kier molecular flexibility index (Phi) is 5.01. The number of nitrogens with zero attached hydrogens (tertiary/aromatic N) is 4. The lowest BCUT2D eigenvalue weighted by molar-refractivity contribution is -0.401. The second-order valence-electron chi connectivity index (χ2n) is 4.89. The Bertz CT molecular complexity index is 951. The molecule has 1 amide bonds.